The van der Waals surface area contributed by atoms with Gasteiger partial charge in [0.1, 0.15) is 13.6 Å². The van der Waals surface area contributed by atoms with Crippen molar-refractivity contribution in [2.45, 2.75) is 52.4 Å². The molecule has 0 aliphatic heterocycles. The van der Waals surface area contributed by atoms with E-state index in [-0.39, 0.29) is 54.3 Å². The normalized spacial score (nSPS) is 12.2. The molecule has 0 bridgehead atoms. The summed E-state index contributed by atoms with van der Waals surface area (Å²) in [5.41, 5.74) is 0.802. The Morgan fingerprint density at radius 1 is 0.905 bits per heavy atom. The van der Waals surface area contributed by atoms with E-state index in [4.69, 9.17) is 4.52 Å². The molecular weight excluding hydrogens is 277 g/mol. The van der Waals surface area contributed by atoms with Gasteiger partial charge in [0, 0.05) is 11.1 Å². The van der Waals surface area contributed by atoms with E-state index in [9.17, 15) is 14.4 Å². The zero-order valence-corrected chi connectivity index (χ0v) is 15.2. The molecule has 7 heteroatoms. The van der Waals surface area contributed by atoms with Gasteiger partial charge in [-0.3, -0.25) is 0 Å². The van der Waals surface area contributed by atoms with Crippen LogP contribution < -0.4 is 52.0 Å². The van der Waals surface area contributed by atoms with Crippen molar-refractivity contribution in [3.05, 3.63) is 29.3 Å². The molecule has 1 rings (SSSR count). The topological polar surface area (TPSA) is 72.4 Å². The summed E-state index contributed by atoms with van der Waals surface area (Å²) in [5.74, 6) is 0.177. The molecule has 0 N–H and O–H groups in total. The van der Waals surface area contributed by atoms with Gasteiger partial charge in [0.15, 0.2) is 0 Å². The summed E-state index contributed by atoms with van der Waals surface area (Å²) in [5, 5.41) is 0. The van der Waals surface area contributed by atoms with E-state index in [0.29, 0.717) is 11.1 Å². The smallest absolute Gasteiger partial charge is 0.780 e. The van der Waals surface area contributed by atoms with Crippen LogP contribution in [0.15, 0.2) is 18.2 Å². The molecule has 4 nitrogen and oxygen atoms in total. The van der Waals surface area contributed by atoms with Crippen molar-refractivity contribution >= 4 is 7.82 Å². The quantitative estimate of drug-likeness (QED) is 0.419. The van der Waals surface area contributed by atoms with Gasteiger partial charge in [0.2, 0.25) is 0 Å². The summed E-state index contributed by atoms with van der Waals surface area (Å²) < 4.78 is 15.8. The Kier molecular flexibility index (Phi) is 8.73. The second kappa shape index (κ2) is 7.76. The van der Waals surface area contributed by atoms with Crippen LogP contribution in [0.1, 0.15) is 52.7 Å². The predicted molar refractivity (Wildman–Crippen MR) is 72.1 cm³/mol. The average molecular weight is 298 g/mol. The molecule has 108 valence electrons. The minimum atomic E-state index is -5.08. The predicted octanol–water partition coefficient (Wildman–Crippen LogP) is -3.50. The van der Waals surface area contributed by atoms with Crippen molar-refractivity contribution < 1.29 is 56.6 Å². The molecule has 0 fully saturated rings. The number of benzene rings is 1. The molecule has 0 amide bonds. The van der Waals surface area contributed by atoms with Crippen LogP contribution >= 0.6 is 7.82 Å². The minimum Gasteiger partial charge on any atom is -0.780 e. The summed E-state index contributed by atoms with van der Waals surface area (Å²) in [6, 6.07) is 5.44. The van der Waals surface area contributed by atoms with Crippen molar-refractivity contribution in [2.75, 3.05) is 0 Å². The third-order valence-corrected chi connectivity index (χ3v) is 3.24. The second-order valence-corrected chi connectivity index (χ2v) is 7.80. The first kappa shape index (κ1) is 23.6. The van der Waals surface area contributed by atoms with E-state index in [1.54, 1.807) is 12.1 Å². The fourth-order valence-electron chi connectivity index (χ4n) is 1.93. The van der Waals surface area contributed by atoms with E-state index in [1.807, 2.05) is 47.6 Å². The molecule has 0 heterocycles. The van der Waals surface area contributed by atoms with Gasteiger partial charge >= 0.3 is 37.7 Å². The maximum atomic E-state index is 11.0. The van der Waals surface area contributed by atoms with Crippen molar-refractivity contribution in [3.63, 3.8) is 0 Å². The van der Waals surface area contributed by atoms with E-state index in [1.165, 1.54) is 0 Å². The summed E-state index contributed by atoms with van der Waals surface area (Å²) >= 11 is 0. The minimum absolute atomic E-state index is 0. The Hall–Kier alpha value is 0.365. The second-order valence-electron chi connectivity index (χ2n) is 6.72. The molecule has 0 unspecified atom stereocenters. The number of phosphoric acid groups is 1. The Balaban J connectivity index is 0. The van der Waals surface area contributed by atoms with Crippen LogP contribution in [0, 0.1) is 0 Å². The van der Waals surface area contributed by atoms with Gasteiger partial charge in [-0.05, 0) is 10.8 Å². The van der Waals surface area contributed by atoms with Crippen LogP contribution in [0.5, 0.6) is 5.75 Å². The number of hydrogen-bond donors (Lipinski definition) is 0. The number of hydrogen-bond acceptors (Lipinski definition) is 4. The van der Waals surface area contributed by atoms with Gasteiger partial charge in [0.05, 0.1) is 0 Å². The fraction of sp³-hybridized carbons (Fsp3) is 0.571. The summed E-state index contributed by atoms with van der Waals surface area (Å²) in [4.78, 5) is 22.0. The van der Waals surface area contributed by atoms with Crippen LogP contribution in [0.25, 0.3) is 0 Å². The molecule has 1 aromatic carbocycles. The zero-order chi connectivity index (χ0) is 15.1. The molecule has 0 spiro atoms. The van der Waals surface area contributed by atoms with E-state index < -0.39 is 7.82 Å². The third-order valence-electron chi connectivity index (χ3n) is 2.83. The number of para-hydroxylation sites is 1. The monoisotopic (exact) mass is 298 g/mol. The van der Waals surface area contributed by atoms with Crippen LogP contribution in [0.3, 0.4) is 0 Å². The molecule has 1 aromatic rings. The van der Waals surface area contributed by atoms with Crippen LogP contribution in [0.2, 0.25) is 0 Å². The van der Waals surface area contributed by atoms with Gasteiger partial charge < -0.3 is 18.9 Å². The molecule has 0 saturated heterocycles. The molecular formula is C14H21Li2O4P. The Morgan fingerprint density at radius 3 is 1.48 bits per heavy atom. The first-order valence-corrected chi connectivity index (χ1v) is 7.64. The third kappa shape index (κ3) is 6.98. The molecule has 0 radical (unpaired) electrons. The van der Waals surface area contributed by atoms with E-state index in [2.05, 4.69) is 0 Å². The maximum absolute atomic E-state index is 11.0. The standard InChI is InChI=1S/C14H23O4P.2Li/c1-13(2,3)10-8-7-9-11(14(4,5)6)12(10)18-19(15,16)17;;/h7-9H,1-6H3,(H2,15,16,17);;/q;2*+1/p-2. The first-order valence-electron chi connectivity index (χ1n) is 6.18. The molecule has 21 heavy (non-hydrogen) atoms. The van der Waals surface area contributed by atoms with Gasteiger partial charge in [0.25, 0.3) is 0 Å². The Bertz CT molecular complexity index is 480. The van der Waals surface area contributed by atoms with Gasteiger partial charge in [-0.1, -0.05) is 59.7 Å². The first-order chi connectivity index (χ1) is 8.32. The zero-order valence-electron chi connectivity index (χ0n) is 14.3. The molecule has 0 aliphatic carbocycles. The maximum Gasteiger partial charge on any atom is 1.00 e. The van der Waals surface area contributed by atoms with Gasteiger partial charge in [-0.2, -0.15) is 0 Å². The van der Waals surface area contributed by atoms with Gasteiger partial charge in [-0.15, -0.1) is 0 Å². The SMILES string of the molecule is CC(C)(C)c1cccc(C(C)(C)C)c1OP(=O)([O-])[O-].[Li+].[Li+]. The fourth-order valence-corrected chi connectivity index (χ4v) is 2.35. The molecule has 0 saturated carbocycles. The average Bonchev–Trinajstić information content (AvgIpc) is 2.11. The van der Waals surface area contributed by atoms with Gasteiger partial charge in [-0.25, -0.2) is 0 Å². The van der Waals surface area contributed by atoms with Crippen molar-refractivity contribution in [1.82, 2.24) is 0 Å². The number of rotatable bonds is 2. The van der Waals surface area contributed by atoms with Crippen LogP contribution in [-0.4, -0.2) is 0 Å². The molecule has 0 atom stereocenters. The van der Waals surface area contributed by atoms with Crippen molar-refractivity contribution in [2.24, 2.45) is 0 Å². The van der Waals surface area contributed by atoms with E-state index >= 15 is 0 Å². The van der Waals surface area contributed by atoms with Crippen LogP contribution in [0.4, 0.5) is 0 Å². The summed E-state index contributed by atoms with van der Waals surface area (Å²) in [7, 11) is -5.08. The molecule has 0 aromatic heterocycles. The summed E-state index contributed by atoms with van der Waals surface area (Å²) in [6.45, 7) is 11.7. The number of phosphoric ester groups is 1. The Labute approximate surface area is 151 Å². The van der Waals surface area contributed by atoms with Crippen LogP contribution in [-0.2, 0) is 15.4 Å². The van der Waals surface area contributed by atoms with Crippen molar-refractivity contribution in [1.29, 1.82) is 0 Å². The van der Waals surface area contributed by atoms with E-state index in [0.717, 1.165) is 0 Å². The molecule has 0 aliphatic rings. The largest absolute Gasteiger partial charge is 1.00 e. The van der Waals surface area contributed by atoms with Crippen molar-refractivity contribution in [3.8, 4) is 5.75 Å². The Morgan fingerprint density at radius 2 is 1.24 bits per heavy atom. The summed E-state index contributed by atoms with van der Waals surface area (Å²) in [6.07, 6.45) is 0.